The Hall–Kier alpha value is -2.57. The molecule has 0 unspecified atom stereocenters. The van der Waals surface area contributed by atoms with Crippen molar-refractivity contribution in [2.24, 2.45) is 0 Å². The second kappa shape index (κ2) is 6.79. The van der Waals surface area contributed by atoms with E-state index >= 15 is 0 Å². The molecule has 0 radical (unpaired) electrons. The molecule has 8 heteroatoms. The van der Waals surface area contributed by atoms with Gasteiger partial charge in [0, 0.05) is 19.9 Å². The van der Waals surface area contributed by atoms with Crippen molar-refractivity contribution in [3.8, 4) is 0 Å². The van der Waals surface area contributed by atoms with Crippen LogP contribution in [-0.4, -0.2) is 35.4 Å². The van der Waals surface area contributed by atoms with Crippen LogP contribution in [-0.2, 0) is 20.9 Å². The van der Waals surface area contributed by atoms with Gasteiger partial charge in [-0.2, -0.15) is 0 Å². The molecule has 2 aromatic carbocycles. The third-order valence-corrected chi connectivity index (χ3v) is 5.96. The maximum atomic E-state index is 13.2. The molecule has 0 aromatic heterocycles. The molecule has 0 spiro atoms. The maximum absolute atomic E-state index is 13.2. The van der Waals surface area contributed by atoms with Crippen molar-refractivity contribution >= 4 is 46.7 Å². The molecular weight excluding hydrogens is 403 g/mol. The predicted molar refractivity (Wildman–Crippen MR) is 104 cm³/mol. The summed E-state index contributed by atoms with van der Waals surface area (Å²) in [5.41, 5.74) is -0.0217. The van der Waals surface area contributed by atoms with Gasteiger partial charge in [-0.1, -0.05) is 41.4 Å². The minimum atomic E-state index is -1.49. The monoisotopic (exact) mass is 418 g/mol. The number of ether oxygens (including phenoxy) is 1. The zero-order valence-corrected chi connectivity index (χ0v) is 16.5. The zero-order chi connectivity index (χ0) is 20.1. The molecule has 2 heterocycles. The molecule has 1 saturated heterocycles. The standard InChI is InChI=1S/C20H16Cl2N2O4/c1-23-18(26)13-4-2-3-5-16(13)24-17(25)8-9-20(23,24)19(27)28-11-12-6-7-14(21)15(22)10-12/h2-7,10H,8-9,11H2,1H3/t20-/m1/s1. The Bertz CT molecular complexity index is 1010. The van der Waals surface area contributed by atoms with E-state index in [1.807, 2.05) is 0 Å². The van der Waals surface area contributed by atoms with Crippen molar-refractivity contribution in [3.05, 3.63) is 63.6 Å². The number of amides is 2. The fourth-order valence-electron chi connectivity index (χ4n) is 3.78. The number of hydrogen-bond acceptors (Lipinski definition) is 4. The lowest BCUT2D eigenvalue weighted by atomic mass is 9.97. The molecule has 144 valence electrons. The van der Waals surface area contributed by atoms with Gasteiger partial charge in [-0.15, -0.1) is 0 Å². The number of carbonyl (C=O) groups is 3. The lowest BCUT2D eigenvalue weighted by Crippen LogP contribution is -2.67. The molecule has 2 aliphatic heterocycles. The number of benzene rings is 2. The van der Waals surface area contributed by atoms with Crippen LogP contribution in [0.2, 0.25) is 10.0 Å². The number of fused-ring (bicyclic) bond motifs is 3. The van der Waals surface area contributed by atoms with Gasteiger partial charge in [-0.25, -0.2) is 4.79 Å². The summed E-state index contributed by atoms with van der Waals surface area (Å²) < 4.78 is 5.52. The molecule has 2 amide bonds. The fourth-order valence-corrected chi connectivity index (χ4v) is 4.11. The summed E-state index contributed by atoms with van der Waals surface area (Å²) >= 11 is 11.9. The highest BCUT2D eigenvalue weighted by molar-refractivity contribution is 6.42. The fraction of sp³-hybridized carbons (Fsp3) is 0.250. The van der Waals surface area contributed by atoms with Crippen molar-refractivity contribution in [1.29, 1.82) is 0 Å². The highest BCUT2D eigenvalue weighted by Gasteiger charge is 2.60. The van der Waals surface area contributed by atoms with Crippen LogP contribution >= 0.6 is 23.2 Å². The third-order valence-electron chi connectivity index (χ3n) is 5.22. The summed E-state index contributed by atoms with van der Waals surface area (Å²) in [6, 6.07) is 11.7. The minimum absolute atomic E-state index is 0.0524. The summed E-state index contributed by atoms with van der Waals surface area (Å²) in [6.45, 7) is -0.0524. The molecule has 0 N–H and O–H groups in total. The summed E-state index contributed by atoms with van der Waals surface area (Å²) in [7, 11) is 1.52. The number of nitrogens with zero attached hydrogens (tertiary/aromatic N) is 2. The van der Waals surface area contributed by atoms with Crippen molar-refractivity contribution in [1.82, 2.24) is 4.90 Å². The number of esters is 1. The smallest absolute Gasteiger partial charge is 0.354 e. The summed E-state index contributed by atoms with van der Waals surface area (Å²) in [5.74, 6) is -1.21. The van der Waals surface area contributed by atoms with E-state index in [2.05, 4.69) is 0 Å². The van der Waals surface area contributed by atoms with Crippen molar-refractivity contribution in [3.63, 3.8) is 0 Å². The van der Waals surface area contributed by atoms with Crippen LogP contribution < -0.4 is 4.90 Å². The second-order valence-electron chi connectivity index (χ2n) is 6.75. The van der Waals surface area contributed by atoms with Crippen molar-refractivity contribution in [2.45, 2.75) is 25.1 Å². The molecule has 6 nitrogen and oxygen atoms in total. The van der Waals surface area contributed by atoms with Gasteiger partial charge in [0.2, 0.25) is 11.6 Å². The van der Waals surface area contributed by atoms with E-state index in [1.54, 1.807) is 42.5 Å². The highest BCUT2D eigenvalue weighted by Crippen LogP contribution is 2.44. The van der Waals surface area contributed by atoms with Crippen molar-refractivity contribution in [2.75, 3.05) is 11.9 Å². The van der Waals surface area contributed by atoms with E-state index in [0.29, 0.717) is 26.9 Å². The van der Waals surface area contributed by atoms with Crippen LogP contribution in [0, 0.1) is 0 Å². The number of carbonyl (C=O) groups excluding carboxylic acids is 3. The van der Waals surface area contributed by atoms with Crippen molar-refractivity contribution < 1.29 is 19.1 Å². The highest BCUT2D eigenvalue weighted by atomic mass is 35.5. The van der Waals surface area contributed by atoms with Crippen LogP contribution in [0.25, 0.3) is 0 Å². The number of halogens is 2. The van der Waals surface area contributed by atoms with Crippen LogP contribution in [0.5, 0.6) is 0 Å². The lowest BCUT2D eigenvalue weighted by molar-refractivity contribution is -0.157. The first-order valence-electron chi connectivity index (χ1n) is 8.67. The first kappa shape index (κ1) is 18.8. The predicted octanol–water partition coefficient (Wildman–Crippen LogP) is 3.65. The van der Waals surface area contributed by atoms with E-state index in [0.717, 1.165) is 0 Å². The molecule has 1 atom stereocenters. The Morgan fingerprint density at radius 2 is 1.89 bits per heavy atom. The minimum Gasteiger partial charge on any atom is -0.458 e. The molecule has 0 saturated carbocycles. The molecule has 1 fully saturated rings. The number of rotatable bonds is 3. The largest absolute Gasteiger partial charge is 0.458 e. The van der Waals surface area contributed by atoms with Gasteiger partial charge in [0.25, 0.3) is 5.91 Å². The van der Waals surface area contributed by atoms with Gasteiger partial charge in [-0.05, 0) is 29.8 Å². The number of hydrogen-bond donors (Lipinski definition) is 0. The summed E-state index contributed by atoms with van der Waals surface area (Å²) in [4.78, 5) is 41.4. The van der Waals surface area contributed by atoms with Crippen LogP contribution in [0.1, 0.15) is 28.8 Å². The van der Waals surface area contributed by atoms with Crippen LogP contribution in [0.3, 0.4) is 0 Å². The first-order chi connectivity index (χ1) is 13.4. The Labute approximate surface area is 171 Å². The Morgan fingerprint density at radius 1 is 1.14 bits per heavy atom. The molecular formula is C20H16Cl2N2O4. The van der Waals surface area contributed by atoms with E-state index in [-0.39, 0.29) is 31.3 Å². The Balaban J connectivity index is 1.68. The summed E-state index contributed by atoms with van der Waals surface area (Å²) in [6.07, 6.45) is 0.316. The third kappa shape index (κ3) is 2.67. The average molecular weight is 419 g/mol. The van der Waals surface area contributed by atoms with Gasteiger partial charge < -0.3 is 9.64 Å². The van der Waals surface area contributed by atoms with Gasteiger partial charge in [0.1, 0.15) is 6.61 Å². The number of likely N-dealkylation sites (N-methyl/N-ethyl adjacent to an activating group) is 1. The summed E-state index contributed by atoms with van der Waals surface area (Å²) in [5, 5.41) is 0.752. The zero-order valence-electron chi connectivity index (χ0n) is 14.9. The van der Waals surface area contributed by atoms with E-state index < -0.39 is 11.6 Å². The number of para-hydroxylation sites is 1. The van der Waals surface area contributed by atoms with E-state index in [9.17, 15) is 14.4 Å². The molecule has 0 aliphatic carbocycles. The second-order valence-corrected chi connectivity index (χ2v) is 7.57. The Kier molecular flexibility index (Phi) is 4.56. The van der Waals surface area contributed by atoms with Gasteiger partial charge in [-0.3, -0.25) is 14.5 Å². The van der Waals surface area contributed by atoms with Gasteiger partial charge in [0.15, 0.2) is 0 Å². The van der Waals surface area contributed by atoms with Crippen LogP contribution in [0.4, 0.5) is 5.69 Å². The quantitative estimate of drug-likeness (QED) is 0.713. The van der Waals surface area contributed by atoms with Gasteiger partial charge >= 0.3 is 5.97 Å². The lowest BCUT2D eigenvalue weighted by Gasteiger charge is -2.46. The SMILES string of the molecule is CN1C(=O)c2ccccc2N2C(=O)CC[C@@]12C(=O)OCc1ccc(Cl)c(Cl)c1. The molecule has 2 aliphatic rings. The molecule has 2 aromatic rings. The van der Waals surface area contributed by atoms with Gasteiger partial charge in [0.05, 0.1) is 21.3 Å². The molecule has 0 bridgehead atoms. The topological polar surface area (TPSA) is 66.9 Å². The van der Waals surface area contributed by atoms with E-state index in [4.69, 9.17) is 27.9 Å². The van der Waals surface area contributed by atoms with Crippen LogP contribution in [0.15, 0.2) is 42.5 Å². The maximum Gasteiger partial charge on any atom is 0.354 e. The average Bonchev–Trinajstić information content (AvgIpc) is 3.05. The molecule has 4 rings (SSSR count). The normalized spacial score (nSPS) is 20.8. The number of anilines is 1. The van der Waals surface area contributed by atoms with E-state index in [1.165, 1.54) is 16.8 Å². The Morgan fingerprint density at radius 3 is 2.64 bits per heavy atom. The molecule has 28 heavy (non-hydrogen) atoms. The first-order valence-corrected chi connectivity index (χ1v) is 9.43.